The molecule has 0 aliphatic rings. The van der Waals surface area contributed by atoms with E-state index in [4.69, 9.17) is 0 Å². The van der Waals surface area contributed by atoms with Gasteiger partial charge >= 0.3 is 0 Å². The number of anilines is 1. The van der Waals surface area contributed by atoms with Crippen molar-refractivity contribution in [1.82, 2.24) is 10.3 Å². The Kier molecular flexibility index (Phi) is 6.09. The number of halogens is 1. The molecule has 1 aromatic heterocycles. The van der Waals surface area contributed by atoms with E-state index in [-0.39, 0.29) is 17.8 Å². The molecule has 1 atom stereocenters. The fourth-order valence-corrected chi connectivity index (χ4v) is 2.08. The second-order valence-corrected chi connectivity index (χ2v) is 5.48. The normalized spacial score (nSPS) is 11.8. The number of carbonyl (C=O) groups is 1. The van der Waals surface area contributed by atoms with E-state index in [2.05, 4.69) is 15.6 Å². The van der Waals surface area contributed by atoms with Crippen molar-refractivity contribution in [3.8, 4) is 0 Å². The minimum Gasteiger partial charge on any atom is -0.383 e. The highest BCUT2D eigenvalue weighted by molar-refractivity contribution is 5.92. The highest BCUT2D eigenvalue weighted by Gasteiger charge is 2.09. The van der Waals surface area contributed by atoms with Gasteiger partial charge in [0.25, 0.3) is 5.91 Å². The molecule has 1 amide bonds. The number of pyridine rings is 1. The molecule has 1 unspecified atom stereocenters. The van der Waals surface area contributed by atoms with Crippen LogP contribution in [0, 0.1) is 5.82 Å². The molecule has 0 aliphatic carbocycles. The maximum Gasteiger partial charge on any atom is 0.270 e. The van der Waals surface area contributed by atoms with Crippen molar-refractivity contribution >= 4 is 11.6 Å². The van der Waals surface area contributed by atoms with E-state index in [0.717, 1.165) is 12.1 Å². The van der Waals surface area contributed by atoms with E-state index in [1.54, 1.807) is 30.5 Å². The Morgan fingerprint density at radius 2 is 2.04 bits per heavy atom. The Bertz CT molecular complexity index is 643. The van der Waals surface area contributed by atoms with Crippen molar-refractivity contribution in [1.29, 1.82) is 0 Å². The van der Waals surface area contributed by atoms with Crippen LogP contribution in [0.1, 0.15) is 36.3 Å². The zero-order valence-corrected chi connectivity index (χ0v) is 13.5. The van der Waals surface area contributed by atoms with Gasteiger partial charge in [-0.2, -0.15) is 0 Å². The lowest BCUT2D eigenvalue weighted by Gasteiger charge is -2.11. The summed E-state index contributed by atoms with van der Waals surface area (Å²) in [5.74, 6) is -0.359. The van der Waals surface area contributed by atoms with Crippen LogP contribution >= 0.6 is 0 Å². The maximum absolute atomic E-state index is 13.5. The summed E-state index contributed by atoms with van der Waals surface area (Å²) in [7, 11) is 0. The second kappa shape index (κ2) is 8.27. The molecule has 5 heteroatoms. The number of aromatic nitrogens is 1. The van der Waals surface area contributed by atoms with Crippen LogP contribution < -0.4 is 10.6 Å². The molecule has 2 aromatic rings. The molecule has 0 spiro atoms. The van der Waals surface area contributed by atoms with Gasteiger partial charge in [0.2, 0.25) is 0 Å². The number of nitrogens with zero attached hydrogens (tertiary/aromatic N) is 1. The van der Waals surface area contributed by atoms with Gasteiger partial charge in [-0.15, -0.1) is 0 Å². The smallest absolute Gasteiger partial charge is 0.270 e. The molecule has 0 bridgehead atoms. The number of rotatable bonds is 7. The lowest BCUT2D eigenvalue weighted by Crippen LogP contribution is -2.32. The topological polar surface area (TPSA) is 54.0 Å². The minimum absolute atomic E-state index is 0.128. The zero-order chi connectivity index (χ0) is 16.7. The molecule has 0 fully saturated rings. The van der Waals surface area contributed by atoms with Crippen LogP contribution in [0.25, 0.3) is 0 Å². The van der Waals surface area contributed by atoms with Crippen LogP contribution in [0.15, 0.2) is 42.6 Å². The van der Waals surface area contributed by atoms with Crippen LogP contribution in [-0.2, 0) is 6.42 Å². The molecule has 0 saturated heterocycles. The number of hydrogen-bond acceptors (Lipinski definition) is 3. The number of hydrogen-bond donors (Lipinski definition) is 2. The van der Waals surface area contributed by atoms with Gasteiger partial charge in [0.15, 0.2) is 0 Å². The molecule has 2 rings (SSSR count). The third-order valence-corrected chi connectivity index (χ3v) is 3.67. The third kappa shape index (κ3) is 5.06. The summed E-state index contributed by atoms with van der Waals surface area (Å²) in [5, 5.41) is 6.05. The largest absolute Gasteiger partial charge is 0.383 e. The summed E-state index contributed by atoms with van der Waals surface area (Å²) < 4.78 is 13.5. The molecule has 0 saturated carbocycles. The van der Waals surface area contributed by atoms with Gasteiger partial charge < -0.3 is 10.6 Å². The first-order valence-electron chi connectivity index (χ1n) is 7.84. The predicted molar refractivity (Wildman–Crippen MR) is 90.0 cm³/mol. The van der Waals surface area contributed by atoms with E-state index in [1.165, 1.54) is 6.07 Å². The molecule has 1 aromatic carbocycles. The highest BCUT2D eigenvalue weighted by Crippen LogP contribution is 2.10. The van der Waals surface area contributed by atoms with Crippen LogP contribution in [0.2, 0.25) is 0 Å². The molecule has 1 heterocycles. The summed E-state index contributed by atoms with van der Waals surface area (Å²) in [6.45, 7) is 4.57. The van der Waals surface area contributed by atoms with E-state index in [0.29, 0.717) is 24.2 Å². The van der Waals surface area contributed by atoms with Gasteiger partial charge in [0.05, 0.1) is 11.9 Å². The number of benzene rings is 1. The fourth-order valence-electron chi connectivity index (χ4n) is 2.08. The van der Waals surface area contributed by atoms with Crippen molar-refractivity contribution < 1.29 is 9.18 Å². The van der Waals surface area contributed by atoms with Gasteiger partial charge in [-0.25, -0.2) is 9.37 Å². The Morgan fingerprint density at radius 3 is 2.70 bits per heavy atom. The Morgan fingerprint density at radius 1 is 1.26 bits per heavy atom. The lowest BCUT2D eigenvalue weighted by atomic mass is 10.1. The summed E-state index contributed by atoms with van der Waals surface area (Å²) in [6, 6.07) is 10.4. The SMILES string of the molecule is CCC(C)NC(=O)c1ccc(NCCc2ccccc2F)cn1. The first-order valence-corrected chi connectivity index (χ1v) is 7.84. The van der Waals surface area contributed by atoms with Crippen LogP contribution in [0.3, 0.4) is 0 Å². The Balaban J connectivity index is 1.85. The first kappa shape index (κ1) is 16.9. The van der Waals surface area contributed by atoms with Gasteiger partial charge in [0.1, 0.15) is 11.5 Å². The molecule has 0 radical (unpaired) electrons. The molecular weight excluding hydrogens is 293 g/mol. The zero-order valence-electron chi connectivity index (χ0n) is 13.5. The Hall–Kier alpha value is -2.43. The predicted octanol–water partition coefficient (Wildman–Crippen LogP) is 3.40. The minimum atomic E-state index is -0.190. The van der Waals surface area contributed by atoms with Gasteiger partial charge in [-0.05, 0) is 43.5 Å². The van der Waals surface area contributed by atoms with Crippen molar-refractivity contribution in [3.63, 3.8) is 0 Å². The number of amides is 1. The lowest BCUT2D eigenvalue weighted by molar-refractivity contribution is 0.0934. The van der Waals surface area contributed by atoms with Crippen LogP contribution in [0.5, 0.6) is 0 Å². The highest BCUT2D eigenvalue weighted by atomic mass is 19.1. The third-order valence-electron chi connectivity index (χ3n) is 3.67. The number of carbonyl (C=O) groups excluding carboxylic acids is 1. The Labute approximate surface area is 136 Å². The van der Waals surface area contributed by atoms with Crippen molar-refractivity contribution in [3.05, 3.63) is 59.7 Å². The monoisotopic (exact) mass is 315 g/mol. The van der Waals surface area contributed by atoms with Crippen molar-refractivity contribution in [2.45, 2.75) is 32.7 Å². The number of nitrogens with one attached hydrogen (secondary N) is 2. The van der Waals surface area contributed by atoms with E-state index < -0.39 is 0 Å². The van der Waals surface area contributed by atoms with E-state index >= 15 is 0 Å². The van der Waals surface area contributed by atoms with E-state index in [9.17, 15) is 9.18 Å². The summed E-state index contributed by atoms with van der Waals surface area (Å²) in [4.78, 5) is 16.1. The maximum atomic E-state index is 13.5. The summed E-state index contributed by atoms with van der Waals surface area (Å²) >= 11 is 0. The summed E-state index contributed by atoms with van der Waals surface area (Å²) in [5.41, 5.74) is 1.88. The van der Waals surface area contributed by atoms with Crippen molar-refractivity contribution in [2.24, 2.45) is 0 Å². The van der Waals surface area contributed by atoms with Crippen LogP contribution in [0.4, 0.5) is 10.1 Å². The van der Waals surface area contributed by atoms with Crippen molar-refractivity contribution in [2.75, 3.05) is 11.9 Å². The second-order valence-electron chi connectivity index (χ2n) is 5.48. The van der Waals surface area contributed by atoms with Gasteiger partial charge in [-0.3, -0.25) is 4.79 Å². The van der Waals surface area contributed by atoms with Crippen LogP contribution in [-0.4, -0.2) is 23.5 Å². The standard InChI is InChI=1S/C18H22FN3O/c1-3-13(2)22-18(23)17-9-8-15(12-21-17)20-11-10-14-6-4-5-7-16(14)19/h4-9,12-13,20H,3,10-11H2,1-2H3,(H,22,23). The summed E-state index contributed by atoms with van der Waals surface area (Å²) in [6.07, 6.45) is 3.08. The first-order chi connectivity index (χ1) is 11.1. The molecule has 122 valence electrons. The molecule has 0 aliphatic heterocycles. The average molecular weight is 315 g/mol. The van der Waals surface area contributed by atoms with Gasteiger partial charge in [-0.1, -0.05) is 25.1 Å². The fraction of sp³-hybridized carbons (Fsp3) is 0.333. The van der Waals surface area contributed by atoms with E-state index in [1.807, 2.05) is 19.9 Å². The molecule has 2 N–H and O–H groups in total. The molecule has 4 nitrogen and oxygen atoms in total. The molecular formula is C18H22FN3O. The molecule has 23 heavy (non-hydrogen) atoms. The quantitative estimate of drug-likeness (QED) is 0.823. The average Bonchev–Trinajstić information content (AvgIpc) is 2.57. The van der Waals surface area contributed by atoms with Gasteiger partial charge in [0, 0.05) is 12.6 Å².